The number of hydrogen-bond acceptors (Lipinski definition) is 6. The summed E-state index contributed by atoms with van der Waals surface area (Å²) in [6, 6.07) is 21.5. The Morgan fingerprint density at radius 2 is 1.61 bits per heavy atom. The number of benzene rings is 3. The first-order valence-electron chi connectivity index (χ1n) is 10.0. The molecule has 0 aromatic heterocycles. The van der Waals surface area contributed by atoms with Gasteiger partial charge in [-0.2, -0.15) is 0 Å². The van der Waals surface area contributed by atoms with E-state index in [2.05, 4.69) is 10.1 Å². The fourth-order valence-corrected chi connectivity index (χ4v) is 4.56. The maximum Gasteiger partial charge on any atom is 0.325 e. The minimum Gasteiger partial charge on any atom is -0.497 e. The van der Waals surface area contributed by atoms with Gasteiger partial charge in [-0.25, -0.2) is 8.42 Å². The molecule has 0 radical (unpaired) electrons. The molecule has 0 heterocycles. The zero-order chi connectivity index (χ0) is 23.8. The van der Waals surface area contributed by atoms with E-state index < -0.39 is 21.9 Å². The van der Waals surface area contributed by atoms with E-state index in [0.717, 1.165) is 5.56 Å². The molecule has 1 N–H and O–H groups in total. The zero-order valence-electron chi connectivity index (χ0n) is 18.2. The highest BCUT2D eigenvalue weighted by Gasteiger charge is 2.26. The van der Waals surface area contributed by atoms with Crippen molar-refractivity contribution in [3.05, 3.63) is 90.0 Å². The Bertz CT molecular complexity index is 1210. The molecule has 0 atom stereocenters. The van der Waals surface area contributed by atoms with Crippen LogP contribution in [0.15, 0.2) is 83.8 Å². The number of methoxy groups -OCH3 is 2. The lowest BCUT2D eigenvalue weighted by molar-refractivity contribution is -0.139. The van der Waals surface area contributed by atoms with Gasteiger partial charge in [0.15, 0.2) is 0 Å². The topological polar surface area (TPSA) is 102 Å². The summed E-state index contributed by atoms with van der Waals surface area (Å²) < 4.78 is 38.3. The maximum absolute atomic E-state index is 13.7. The highest BCUT2D eigenvalue weighted by molar-refractivity contribution is 7.92. The molecule has 0 aliphatic carbocycles. The van der Waals surface area contributed by atoms with Crippen molar-refractivity contribution in [2.75, 3.05) is 25.1 Å². The zero-order valence-corrected chi connectivity index (χ0v) is 19.0. The fraction of sp³-hybridized carbons (Fsp3) is 0.167. The number of nitrogens with one attached hydrogen (secondary N) is 1. The van der Waals surface area contributed by atoms with Gasteiger partial charge in [0.2, 0.25) is 0 Å². The quantitative estimate of drug-likeness (QED) is 0.485. The first kappa shape index (κ1) is 23.8. The Hall–Kier alpha value is -3.85. The summed E-state index contributed by atoms with van der Waals surface area (Å²) in [4.78, 5) is 23.6. The van der Waals surface area contributed by atoms with Crippen molar-refractivity contribution in [1.82, 2.24) is 5.32 Å². The van der Waals surface area contributed by atoms with Crippen molar-refractivity contribution >= 4 is 27.6 Å². The lowest BCUT2D eigenvalue weighted by Gasteiger charge is -2.25. The predicted molar refractivity (Wildman–Crippen MR) is 124 cm³/mol. The van der Waals surface area contributed by atoms with Gasteiger partial charge in [-0.15, -0.1) is 0 Å². The van der Waals surface area contributed by atoms with Crippen molar-refractivity contribution in [3.8, 4) is 5.75 Å². The fourth-order valence-electron chi connectivity index (χ4n) is 3.06. The van der Waals surface area contributed by atoms with Gasteiger partial charge in [0.25, 0.3) is 15.9 Å². The Balaban J connectivity index is 1.97. The third-order valence-electron chi connectivity index (χ3n) is 4.83. The minimum atomic E-state index is -4.04. The Kier molecular flexibility index (Phi) is 7.68. The molecule has 0 saturated carbocycles. The van der Waals surface area contributed by atoms with Gasteiger partial charge in [0.05, 0.1) is 31.3 Å². The van der Waals surface area contributed by atoms with Crippen LogP contribution < -0.4 is 14.4 Å². The van der Waals surface area contributed by atoms with Crippen LogP contribution in [0.25, 0.3) is 0 Å². The van der Waals surface area contributed by atoms with Crippen molar-refractivity contribution in [3.63, 3.8) is 0 Å². The van der Waals surface area contributed by atoms with E-state index in [0.29, 0.717) is 11.4 Å². The van der Waals surface area contributed by atoms with E-state index in [9.17, 15) is 18.0 Å². The SMILES string of the molecule is COC(=O)CNC(=O)c1cccc(S(=O)(=O)N(Cc2ccccc2)c2ccc(OC)cc2)c1. The molecule has 33 heavy (non-hydrogen) atoms. The molecule has 0 bridgehead atoms. The number of rotatable bonds is 9. The summed E-state index contributed by atoms with van der Waals surface area (Å²) in [7, 11) is -1.30. The summed E-state index contributed by atoms with van der Waals surface area (Å²) in [6.45, 7) is -0.230. The van der Waals surface area contributed by atoms with Crippen LogP contribution in [0.3, 0.4) is 0 Å². The van der Waals surface area contributed by atoms with Gasteiger partial charge in [-0.05, 0) is 48.0 Å². The van der Waals surface area contributed by atoms with Gasteiger partial charge in [0.1, 0.15) is 12.3 Å². The Morgan fingerprint density at radius 3 is 2.24 bits per heavy atom. The van der Waals surface area contributed by atoms with Crippen molar-refractivity contribution in [1.29, 1.82) is 0 Å². The molecule has 3 aromatic carbocycles. The van der Waals surface area contributed by atoms with E-state index in [1.165, 1.54) is 42.8 Å². The van der Waals surface area contributed by atoms with Gasteiger partial charge in [-0.3, -0.25) is 13.9 Å². The second-order valence-electron chi connectivity index (χ2n) is 6.98. The maximum atomic E-state index is 13.7. The molecule has 0 aliphatic heterocycles. The van der Waals surface area contributed by atoms with Gasteiger partial charge >= 0.3 is 5.97 Å². The van der Waals surface area contributed by atoms with Gasteiger partial charge < -0.3 is 14.8 Å². The number of esters is 1. The smallest absolute Gasteiger partial charge is 0.325 e. The average Bonchev–Trinajstić information content (AvgIpc) is 2.86. The second-order valence-corrected chi connectivity index (χ2v) is 8.84. The molecule has 3 aromatic rings. The highest BCUT2D eigenvalue weighted by atomic mass is 32.2. The first-order chi connectivity index (χ1) is 15.8. The van der Waals surface area contributed by atoms with Crippen LogP contribution in [0.4, 0.5) is 5.69 Å². The molecule has 9 heteroatoms. The number of carbonyl (C=O) groups excluding carboxylic acids is 2. The van der Waals surface area contributed by atoms with E-state index in [-0.39, 0.29) is 23.5 Å². The van der Waals surface area contributed by atoms with Gasteiger partial charge in [-0.1, -0.05) is 36.4 Å². The average molecular weight is 469 g/mol. The number of ether oxygens (including phenoxy) is 2. The molecule has 0 spiro atoms. The van der Waals surface area contributed by atoms with Crippen LogP contribution in [-0.4, -0.2) is 41.1 Å². The third-order valence-corrected chi connectivity index (χ3v) is 6.60. The molecule has 0 fully saturated rings. The predicted octanol–water partition coefficient (Wildman–Crippen LogP) is 2.99. The van der Waals surface area contributed by atoms with Crippen LogP contribution in [0.2, 0.25) is 0 Å². The molecule has 8 nitrogen and oxygen atoms in total. The third kappa shape index (κ3) is 5.89. The van der Waals surface area contributed by atoms with E-state index in [1.807, 2.05) is 30.3 Å². The van der Waals surface area contributed by atoms with E-state index in [1.54, 1.807) is 24.3 Å². The van der Waals surface area contributed by atoms with E-state index in [4.69, 9.17) is 4.74 Å². The number of hydrogen-bond donors (Lipinski definition) is 1. The monoisotopic (exact) mass is 468 g/mol. The summed E-state index contributed by atoms with van der Waals surface area (Å²) >= 11 is 0. The lowest BCUT2D eigenvalue weighted by Crippen LogP contribution is -2.32. The van der Waals surface area contributed by atoms with Crippen LogP contribution in [0.1, 0.15) is 15.9 Å². The summed E-state index contributed by atoms with van der Waals surface area (Å²) in [5.74, 6) is -0.600. The first-order valence-corrected chi connectivity index (χ1v) is 11.4. The number of sulfonamides is 1. The molecule has 172 valence electrons. The lowest BCUT2D eigenvalue weighted by atomic mass is 10.2. The molecular formula is C24H24N2O6S. The molecule has 0 saturated heterocycles. The van der Waals surface area contributed by atoms with Crippen molar-refractivity contribution in [2.24, 2.45) is 0 Å². The highest BCUT2D eigenvalue weighted by Crippen LogP contribution is 2.28. The molecule has 0 aliphatic rings. The number of amides is 1. The van der Waals surface area contributed by atoms with Crippen LogP contribution in [-0.2, 0) is 26.1 Å². The Morgan fingerprint density at radius 1 is 0.909 bits per heavy atom. The molecular weight excluding hydrogens is 444 g/mol. The summed E-state index contributed by atoms with van der Waals surface area (Å²) in [5.41, 5.74) is 1.35. The van der Waals surface area contributed by atoms with Crippen LogP contribution >= 0.6 is 0 Å². The largest absolute Gasteiger partial charge is 0.497 e. The minimum absolute atomic E-state index is 0.0556. The standard InChI is InChI=1S/C24H24N2O6S/c1-31-21-13-11-20(12-14-21)26(17-18-7-4-3-5-8-18)33(29,30)22-10-6-9-19(15-22)24(28)25-16-23(27)32-2/h3-15H,16-17H2,1-2H3,(H,25,28). The normalized spacial score (nSPS) is 10.8. The Labute approximate surface area is 192 Å². The van der Waals surface area contributed by atoms with Crippen LogP contribution in [0.5, 0.6) is 5.75 Å². The number of anilines is 1. The van der Waals surface area contributed by atoms with Gasteiger partial charge in [0, 0.05) is 5.56 Å². The molecule has 3 rings (SSSR count). The second kappa shape index (κ2) is 10.6. The molecule has 1 amide bonds. The van der Waals surface area contributed by atoms with Crippen molar-refractivity contribution < 1.29 is 27.5 Å². The molecule has 0 unspecified atom stereocenters. The van der Waals surface area contributed by atoms with Crippen molar-refractivity contribution in [2.45, 2.75) is 11.4 Å². The summed E-state index contributed by atoms with van der Waals surface area (Å²) in [5, 5.41) is 2.41. The van der Waals surface area contributed by atoms with E-state index >= 15 is 0 Å². The van der Waals surface area contributed by atoms with Crippen LogP contribution in [0, 0.1) is 0 Å². The number of nitrogens with zero attached hydrogens (tertiary/aromatic N) is 1. The summed E-state index contributed by atoms with van der Waals surface area (Å²) in [6.07, 6.45) is 0. The number of carbonyl (C=O) groups is 2.